The lowest BCUT2D eigenvalue weighted by Crippen LogP contribution is -2.14. The van der Waals surface area contributed by atoms with Crippen molar-refractivity contribution in [2.75, 3.05) is 20.1 Å². The minimum Gasteiger partial charge on any atom is -0.306 e. The Bertz CT molecular complexity index is 138. The zero-order valence-corrected chi connectivity index (χ0v) is 8.30. The molecule has 0 N–H and O–H groups in total. The van der Waals surface area contributed by atoms with Crippen molar-refractivity contribution in [1.82, 2.24) is 4.90 Å². The van der Waals surface area contributed by atoms with Crippen LogP contribution in [0.3, 0.4) is 0 Å². The van der Waals surface area contributed by atoms with E-state index in [0.717, 1.165) is 19.5 Å². The maximum Gasteiger partial charge on any atom is 0.192 e. The molecule has 0 bridgehead atoms. The van der Waals surface area contributed by atoms with Crippen molar-refractivity contribution in [3.8, 4) is 0 Å². The summed E-state index contributed by atoms with van der Waals surface area (Å²) in [6.07, 6.45) is 1.97. The van der Waals surface area contributed by atoms with Gasteiger partial charge in [-0.15, -0.1) is 0 Å². The van der Waals surface area contributed by atoms with E-state index in [-0.39, 0.29) is 0 Å². The van der Waals surface area contributed by atoms with E-state index in [4.69, 9.17) is 0 Å². The fraction of sp³-hybridized carbons (Fsp3) is 0.857. The van der Waals surface area contributed by atoms with Gasteiger partial charge in [-0.05, 0) is 48.5 Å². The Morgan fingerprint density at radius 2 is 2.50 bits per heavy atom. The van der Waals surface area contributed by atoms with Gasteiger partial charge in [0.15, 0.2) is 3.79 Å². The summed E-state index contributed by atoms with van der Waals surface area (Å²) in [6.45, 7) is 2.27. The molecule has 0 aromatic rings. The largest absolute Gasteiger partial charge is 0.306 e. The van der Waals surface area contributed by atoms with E-state index in [1.165, 1.54) is 6.42 Å². The van der Waals surface area contributed by atoms with Crippen LogP contribution in [0.15, 0.2) is 0 Å². The second-order valence-electron chi connectivity index (χ2n) is 2.98. The van der Waals surface area contributed by atoms with E-state index < -0.39 is 0 Å². The van der Waals surface area contributed by atoms with Gasteiger partial charge in [-0.25, -0.2) is 0 Å². The molecule has 0 aliphatic carbocycles. The molecule has 0 aromatic carbocycles. The Hall–Kier alpha value is 0.360. The number of likely N-dealkylation sites (tertiary alicyclic amines) is 1. The minimum absolute atomic E-state index is 0.304. The molecule has 1 aliphatic heterocycles. The third-order valence-electron chi connectivity index (χ3n) is 1.94. The molecular formula is C7H12INO. The van der Waals surface area contributed by atoms with E-state index in [1.54, 1.807) is 0 Å². The van der Waals surface area contributed by atoms with Crippen LogP contribution in [0.5, 0.6) is 0 Å². The molecule has 1 fully saturated rings. The van der Waals surface area contributed by atoms with Crippen LogP contribution in [-0.2, 0) is 4.79 Å². The highest BCUT2D eigenvalue weighted by molar-refractivity contribution is 14.1. The van der Waals surface area contributed by atoms with Crippen molar-refractivity contribution in [3.63, 3.8) is 0 Å². The predicted molar refractivity (Wildman–Crippen MR) is 49.2 cm³/mol. The normalized spacial score (nSPS) is 27.2. The van der Waals surface area contributed by atoms with Crippen molar-refractivity contribution in [1.29, 1.82) is 0 Å². The number of halogens is 1. The second kappa shape index (κ2) is 3.67. The first kappa shape index (κ1) is 8.46. The summed E-state index contributed by atoms with van der Waals surface area (Å²) in [7, 11) is 2.11. The number of nitrogens with zero attached hydrogens (tertiary/aromatic N) is 1. The molecule has 1 saturated heterocycles. The summed E-state index contributed by atoms with van der Waals surface area (Å²) in [4.78, 5) is 13.0. The standard InChI is InChI=1S/C7H12INO/c1-9-3-2-6(5-9)4-7(8)10/h6H,2-5H2,1H3. The van der Waals surface area contributed by atoms with Gasteiger partial charge >= 0.3 is 0 Å². The lowest BCUT2D eigenvalue weighted by atomic mass is 10.1. The number of rotatable bonds is 2. The van der Waals surface area contributed by atoms with Crippen molar-refractivity contribution in [2.24, 2.45) is 5.92 Å². The number of hydrogen-bond acceptors (Lipinski definition) is 2. The van der Waals surface area contributed by atoms with Crippen molar-refractivity contribution in [2.45, 2.75) is 12.8 Å². The van der Waals surface area contributed by atoms with Gasteiger partial charge < -0.3 is 4.90 Å². The lowest BCUT2D eigenvalue weighted by Gasteiger charge is -2.06. The monoisotopic (exact) mass is 253 g/mol. The van der Waals surface area contributed by atoms with Crippen LogP contribution in [0.2, 0.25) is 0 Å². The van der Waals surface area contributed by atoms with Crippen molar-refractivity contribution < 1.29 is 4.79 Å². The first-order chi connectivity index (χ1) is 4.68. The Kier molecular flexibility index (Phi) is 3.10. The molecule has 0 spiro atoms. The van der Waals surface area contributed by atoms with Crippen molar-refractivity contribution in [3.05, 3.63) is 0 Å². The van der Waals surface area contributed by atoms with Gasteiger partial charge in [0.05, 0.1) is 0 Å². The van der Waals surface area contributed by atoms with E-state index in [1.807, 2.05) is 22.6 Å². The Morgan fingerprint density at radius 3 is 2.90 bits per heavy atom. The third kappa shape index (κ3) is 2.54. The van der Waals surface area contributed by atoms with Crippen LogP contribution in [0.4, 0.5) is 0 Å². The summed E-state index contributed by atoms with van der Waals surface area (Å²) >= 11 is 1.88. The van der Waals surface area contributed by atoms with E-state index in [0.29, 0.717) is 9.71 Å². The summed E-state index contributed by atoms with van der Waals surface area (Å²) in [5.74, 6) is 0.634. The van der Waals surface area contributed by atoms with Crippen LogP contribution < -0.4 is 0 Å². The molecular weight excluding hydrogens is 241 g/mol. The SMILES string of the molecule is CN1CCC(CC(=O)I)C1. The molecule has 10 heavy (non-hydrogen) atoms. The number of hydrogen-bond donors (Lipinski definition) is 0. The zero-order chi connectivity index (χ0) is 7.56. The first-order valence-corrected chi connectivity index (χ1v) is 4.63. The lowest BCUT2D eigenvalue weighted by molar-refractivity contribution is -0.110. The van der Waals surface area contributed by atoms with Gasteiger partial charge in [0.1, 0.15) is 0 Å². The molecule has 3 heteroatoms. The van der Waals surface area contributed by atoms with Crippen LogP contribution >= 0.6 is 22.6 Å². The van der Waals surface area contributed by atoms with Gasteiger partial charge in [-0.1, -0.05) is 0 Å². The fourth-order valence-electron chi connectivity index (χ4n) is 1.42. The molecule has 58 valence electrons. The van der Waals surface area contributed by atoms with E-state index in [9.17, 15) is 4.79 Å². The Labute approximate surface area is 75.1 Å². The highest BCUT2D eigenvalue weighted by Gasteiger charge is 2.20. The molecule has 2 nitrogen and oxygen atoms in total. The average molecular weight is 253 g/mol. The second-order valence-corrected chi connectivity index (χ2v) is 4.18. The maximum atomic E-state index is 10.7. The van der Waals surface area contributed by atoms with Crippen LogP contribution in [0.25, 0.3) is 0 Å². The molecule has 0 amide bonds. The first-order valence-electron chi connectivity index (χ1n) is 3.55. The fourth-order valence-corrected chi connectivity index (χ4v) is 2.04. The molecule has 1 rings (SSSR count). The van der Waals surface area contributed by atoms with Gasteiger partial charge in [0.2, 0.25) is 0 Å². The number of carbonyl (C=O) groups excluding carboxylic acids is 1. The summed E-state index contributed by atoms with van der Waals surface area (Å²) in [5.41, 5.74) is 0. The van der Waals surface area contributed by atoms with Gasteiger partial charge in [0, 0.05) is 13.0 Å². The average Bonchev–Trinajstić information content (AvgIpc) is 2.13. The highest BCUT2D eigenvalue weighted by atomic mass is 127. The van der Waals surface area contributed by atoms with Crippen molar-refractivity contribution >= 4 is 26.4 Å². The summed E-state index contributed by atoms with van der Waals surface area (Å²) < 4.78 is 0.304. The maximum absolute atomic E-state index is 10.7. The van der Waals surface area contributed by atoms with Gasteiger partial charge in [-0.2, -0.15) is 0 Å². The summed E-state index contributed by atoms with van der Waals surface area (Å²) in [5, 5.41) is 0. The van der Waals surface area contributed by atoms with E-state index >= 15 is 0 Å². The molecule has 0 radical (unpaired) electrons. The molecule has 1 unspecified atom stereocenters. The smallest absolute Gasteiger partial charge is 0.192 e. The predicted octanol–water partition coefficient (Wildman–Crippen LogP) is 1.29. The Balaban J connectivity index is 2.24. The topological polar surface area (TPSA) is 20.3 Å². The van der Waals surface area contributed by atoms with Crippen LogP contribution in [-0.4, -0.2) is 28.8 Å². The molecule has 1 atom stereocenters. The third-order valence-corrected chi connectivity index (χ3v) is 2.38. The molecule has 1 aliphatic rings. The quantitative estimate of drug-likeness (QED) is 0.546. The van der Waals surface area contributed by atoms with Gasteiger partial charge in [0.25, 0.3) is 0 Å². The molecule has 0 saturated carbocycles. The van der Waals surface area contributed by atoms with Crippen LogP contribution in [0, 0.1) is 5.92 Å². The molecule has 1 heterocycles. The highest BCUT2D eigenvalue weighted by Crippen LogP contribution is 2.19. The number of carbonyl (C=O) groups is 1. The zero-order valence-electron chi connectivity index (χ0n) is 6.14. The Morgan fingerprint density at radius 1 is 1.80 bits per heavy atom. The minimum atomic E-state index is 0.304. The van der Waals surface area contributed by atoms with Crippen LogP contribution in [0.1, 0.15) is 12.8 Å². The van der Waals surface area contributed by atoms with Gasteiger partial charge in [-0.3, -0.25) is 4.79 Å². The summed E-state index contributed by atoms with van der Waals surface area (Å²) in [6, 6.07) is 0. The molecule has 0 aromatic heterocycles. The van der Waals surface area contributed by atoms with E-state index in [2.05, 4.69) is 11.9 Å².